The number of rotatable bonds is 3. The number of oxime groups is 1. The van der Waals surface area contributed by atoms with E-state index in [1.807, 2.05) is 6.07 Å². The second kappa shape index (κ2) is 4.77. The normalized spacial score (nSPS) is 22.3. The average molecular weight is 301 g/mol. The zero-order valence-corrected chi connectivity index (χ0v) is 12.6. The molecule has 1 aliphatic heterocycles. The summed E-state index contributed by atoms with van der Waals surface area (Å²) in [6.07, 6.45) is 0.960. The lowest BCUT2D eigenvalue weighted by molar-refractivity contribution is 0.0641. The largest absolute Gasteiger partial charge is 0.493 e. The number of thiophene rings is 1. The van der Waals surface area contributed by atoms with Crippen molar-refractivity contribution in [3.8, 4) is 11.5 Å². The molecule has 4 nitrogen and oxygen atoms in total. The summed E-state index contributed by atoms with van der Waals surface area (Å²) in [6.45, 7) is 0. The molecule has 2 unspecified atom stereocenters. The Labute approximate surface area is 126 Å². The number of ether oxygens (including phenoxy) is 2. The van der Waals surface area contributed by atoms with Gasteiger partial charge in [-0.3, -0.25) is 0 Å². The number of methoxy groups -OCH3 is 2. The highest BCUT2D eigenvalue weighted by Crippen LogP contribution is 2.46. The van der Waals surface area contributed by atoms with E-state index in [0.717, 1.165) is 29.2 Å². The molecule has 2 atom stereocenters. The smallest absolute Gasteiger partial charge is 0.170 e. The Hall–Kier alpha value is -2.01. The predicted octanol–water partition coefficient (Wildman–Crippen LogP) is 3.41. The first kappa shape index (κ1) is 12.7. The molecule has 2 aliphatic rings. The highest BCUT2D eigenvalue weighted by Gasteiger charge is 2.42. The molecule has 0 fully saturated rings. The van der Waals surface area contributed by atoms with E-state index in [4.69, 9.17) is 14.3 Å². The number of hydrogen-bond donors (Lipinski definition) is 0. The van der Waals surface area contributed by atoms with Gasteiger partial charge in [0.2, 0.25) is 0 Å². The zero-order chi connectivity index (χ0) is 14.4. The Bertz CT molecular complexity index is 709. The Morgan fingerprint density at radius 2 is 2.05 bits per heavy atom. The molecule has 1 aliphatic carbocycles. The molecule has 0 amide bonds. The molecular weight excluding hydrogens is 286 g/mol. The van der Waals surface area contributed by atoms with E-state index in [1.165, 1.54) is 10.4 Å². The van der Waals surface area contributed by atoms with Gasteiger partial charge in [0, 0.05) is 10.4 Å². The first-order valence-corrected chi connectivity index (χ1v) is 7.72. The molecule has 1 aromatic carbocycles. The van der Waals surface area contributed by atoms with Crippen LogP contribution in [0.5, 0.6) is 11.5 Å². The second-order valence-electron chi connectivity index (χ2n) is 5.19. The van der Waals surface area contributed by atoms with Gasteiger partial charge in [-0.05, 0) is 35.6 Å². The maximum atomic E-state index is 5.68. The molecule has 2 aromatic rings. The van der Waals surface area contributed by atoms with E-state index in [0.29, 0.717) is 0 Å². The van der Waals surface area contributed by atoms with Crippen LogP contribution in [0.15, 0.2) is 34.8 Å². The zero-order valence-electron chi connectivity index (χ0n) is 11.8. The number of fused-ring (bicyclic) bond motifs is 3. The van der Waals surface area contributed by atoms with Crippen LogP contribution < -0.4 is 9.47 Å². The Morgan fingerprint density at radius 3 is 2.76 bits per heavy atom. The van der Waals surface area contributed by atoms with E-state index < -0.39 is 0 Å². The molecule has 0 saturated heterocycles. The number of benzene rings is 1. The average Bonchev–Trinajstić information content (AvgIpc) is 3.21. The van der Waals surface area contributed by atoms with Crippen LogP contribution in [0, 0.1) is 5.92 Å². The fraction of sp³-hybridized carbons (Fsp3) is 0.312. The molecule has 108 valence electrons. The minimum absolute atomic E-state index is 0.0318. The van der Waals surface area contributed by atoms with Crippen molar-refractivity contribution in [2.24, 2.45) is 11.1 Å². The third-order valence-corrected chi connectivity index (χ3v) is 5.06. The summed E-state index contributed by atoms with van der Waals surface area (Å²) in [5.41, 5.74) is 3.40. The number of hydrogen-bond acceptors (Lipinski definition) is 5. The van der Waals surface area contributed by atoms with E-state index in [-0.39, 0.29) is 12.0 Å². The molecule has 0 radical (unpaired) electrons. The van der Waals surface area contributed by atoms with Gasteiger partial charge in [-0.25, -0.2) is 0 Å². The SMILES string of the molecule is COc1cc2c(cc1OC)C1=NOC(c3cccs3)C1C2. The van der Waals surface area contributed by atoms with Crippen LogP contribution in [0.1, 0.15) is 22.1 Å². The topological polar surface area (TPSA) is 40.0 Å². The summed E-state index contributed by atoms with van der Waals surface area (Å²) in [4.78, 5) is 6.90. The summed E-state index contributed by atoms with van der Waals surface area (Å²) in [5, 5.41) is 6.41. The van der Waals surface area contributed by atoms with E-state index in [2.05, 4.69) is 28.7 Å². The molecule has 2 heterocycles. The van der Waals surface area contributed by atoms with Crippen molar-refractivity contribution in [1.29, 1.82) is 0 Å². The maximum Gasteiger partial charge on any atom is 0.170 e. The van der Waals surface area contributed by atoms with Gasteiger partial charge in [-0.15, -0.1) is 11.3 Å². The van der Waals surface area contributed by atoms with Crippen LogP contribution in [0.25, 0.3) is 0 Å². The molecule has 0 N–H and O–H groups in total. The van der Waals surface area contributed by atoms with Crippen molar-refractivity contribution in [3.63, 3.8) is 0 Å². The van der Waals surface area contributed by atoms with Gasteiger partial charge < -0.3 is 14.3 Å². The van der Waals surface area contributed by atoms with E-state index in [1.54, 1.807) is 25.6 Å². The fourth-order valence-electron chi connectivity index (χ4n) is 3.12. The van der Waals surface area contributed by atoms with Crippen LogP contribution in [-0.2, 0) is 11.3 Å². The van der Waals surface area contributed by atoms with E-state index in [9.17, 15) is 0 Å². The molecule has 0 saturated carbocycles. The lowest BCUT2D eigenvalue weighted by atomic mass is 9.97. The summed E-state index contributed by atoms with van der Waals surface area (Å²) < 4.78 is 10.8. The second-order valence-corrected chi connectivity index (χ2v) is 6.17. The fourth-order valence-corrected chi connectivity index (χ4v) is 3.93. The van der Waals surface area contributed by atoms with Gasteiger partial charge >= 0.3 is 0 Å². The molecular formula is C16H15NO3S. The van der Waals surface area contributed by atoms with Gasteiger partial charge in [0.05, 0.1) is 25.8 Å². The predicted molar refractivity (Wildman–Crippen MR) is 81.4 cm³/mol. The van der Waals surface area contributed by atoms with Crippen molar-refractivity contribution in [2.45, 2.75) is 12.5 Å². The number of nitrogens with zero attached hydrogens (tertiary/aromatic N) is 1. The van der Waals surface area contributed by atoms with Gasteiger partial charge in [0.1, 0.15) is 0 Å². The molecule has 0 spiro atoms. The highest BCUT2D eigenvalue weighted by molar-refractivity contribution is 7.10. The first-order chi connectivity index (χ1) is 10.3. The van der Waals surface area contributed by atoms with Gasteiger partial charge in [0.15, 0.2) is 17.6 Å². The first-order valence-electron chi connectivity index (χ1n) is 6.84. The third-order valence-electron chi connectivity index (χ3n) is 4.13. The third kappa shape index (κ3) is 1.84. The molecule has 5 heteroatoms. The van der Waals surface area contributed by atoms with Crippen LogP contribution >= 0.6 is 11.3 Å². The minimum atomic E-state index is 0.0318. The van der Waals surface area contributed by atoms with Crippen LogP contribution in [0.4, 0.5) is 0 Å². The Balaban J connectivity index is 1.73. The van der Waals surface area contributed by atoms with Crippen molar-refractivity contribution in [3.05, 3.63) is 45.6 Å². The molecule has 4 rings (SSSR count). The molecule has 21 heavy (non-hydrogen) atoms. The van der Waals surface area contributed by atoms with Crippen LogP contribution in [-0.4, -0.2) is 19.9 Å². The Kier molecular flexibility index (Phi) is 2.89. The van der Waals surface area contributed by atoms with E-state index >= 15 is 0 Å². The lowest BCUT2D eigenvalue weighted by Gasteiger charge is -2.12. The summed E-state index contributed by atoms with van der Waals surface area (Å²) >= 11 is 1.72. The standard InChI is InChI=1S/C16H15NO3S/c1-18-12-7-9-6-11-15(10(9)8-13(12)19-2)17-20-16(11)14-4-3-5-21-14/h3-5,7-8,11,16H,6H2,1-2H3. The van der Waals surface area contributed by atoms with Gasteiger partial charge in [-0.1, -0.05) is 11.2 Å². The lowest BCUT2D eigenvalue weighted by Crippen LogP contribution is -2.13. The van der Waals surface area contributed by atoms with Crippen molar-refractivity contribution in [1.82, 2.24) is 0 Å². The highest BCUT2D eigenvalue weighted by atomic mass is 32.1. The quantitative estimate of drug-likeness (QED) is 0.872. The maximum absolute atomic E-state index is 5.68. The van der Waals surface area contributed by atoms with Gasteiger partial charge in [-0.2, -0.15) is 0 Å². The van der Waals surface area contributed by atoms with Crippen molar-refractivity contribution in [2.75, 3.05) is 14.2 Å². The summed E-state index contributed by atoms with van der Waals surface area (Å²) in [5.74, 6) is 1.79. The molecule has 1 aromatic heterocycles. The van der Waals surface area contributed by atoms with Crippen molar-refractivity contribution >= 4 is 17.0 Å². The van der Waals surface area contributed by atoms with Gasteiger partial charge in [0.25, 0.3) is 0 Å². The van der Waals surface area contributed by atoms with Crippen LogP contribution in [0.3, 0.4) is 0 Å². The van der Waals surface area contributed by atoms with Crippen LogP contribution in [0.2, 0.25) is 0 Å². The Morgan fingerprint density at radius 1 is 1.24 bits per heavy atom. The minimum Gasteiger partial charge on any atom is -0.493 e. The summed E-state index contributed by atoms with van der Waals surface area (Å²) in [7, 11) is 3.31. The molecule has 0 bridgehead atoms. The summed E-state index contributed by atoms with van der Waals surface area (Å²) in [6, 6.07) is 8.22. The van der Waals surface area contributed by atoms with Crippen molar-refractivity contribution < 1.29 is 14.3 Å². The monoisotopic (exact) mass is 301 g/mol.